The highest BCUT2D eigenvalue weighted by atomic mass is 19.1. The lowest BCUT2D eigenvalue weighted by molar-refractivity contribution is 0.422. The highest BCUT2D eigenvalue weighted by Gasteiger charge is 2.28. The van der Waals surface area contributed by atoms with Crippen LogP contribution in [0.25, 0.3) is 0 Å². The third-order valence-corrected chi connectivity index (χ3v) is 4.54. The second kappa shape index (κ2) is 5.68. The maximum atomic E-state index is 13.5. The first kappa shape index (κ1) is 13.8. The third-order valence-electron chi connectivity index (χ3n) is 4.54. The quantitative estimate of drug-likeness (QED) is 0.897. The zero-order valence-electron chi connectivity index (χ0n) is 12.4. The van der Waals surface area contributed by atoms with Crippen molar-refractivity contribution in [3.63, 3.8) is 0 Å². The Balaban J connectivity index is 1.74. The standard InChI is InChI=1S/C16H24FN3/c1-11(2)12-5-6-20(10-12)16-13(7-14(17)9-19-16)8-18-15-3-4-15/h7,9,11-12,15,18H,3-6,8,10H2,1-2H3. The summed E-state index contributed by atoms with van der Waals surface area (Å²) in [5.74, 6) is 2.17. The molecule has 0 bridgehead atoms. The SMILES string of the molecule is CC(C)C1CCN(c2ncc(F)cc2CNC2CC2)C1. The topological polar surface area (TPSA) is 28.2 Å². The summed E-state index contributed by atoms with van der Waals surface area (Å²) in [6, 6.07) is 2.27. The zero-order valence-corrected chi connectivity index (χ0v) is 12.4. The number of nitrogens with zero attached hydrogens (tertiary/aromatic N) is 2. The molecular formula is C16H24FN3. The number of anilines is 1. The van der Waals surface area contributed by atoms with E-state index in [0.717, 1.165) is 36.9 Å². The summed E-state index contributed by atoms with van der Waals surface area (Å²) < 4.78 is 13.5. The van der Waals surface area contributed by atoms with Crippen molar-refractivity contribution in [2.75, 3.05) is 18.0 Å². The summed E-state index contributed by atoms with van der Waals surface area (Å²) >= 11 is 0. The van der Waals surface area contributed by atoms with Crippen LogP contribution in [0.2, 0.25) is 0 Å². The fourth-order valence-electron chi connectivity index (χ4n) is 2.95. The summed E-state index contributed by atoms with van der Waals surface area (Å²) in [5, 5.41) is 3.46. The molecule has 1 unspecified atom stereocenters. The van der Waals surface area contributed by atoms with Gasteiger partial charge in [0, 0.05) is 31.2 Å². The van der Waals surface area contributed by atoms with Crippen LogP contribution in [0.1, 0.15) is 38.7 Å². The predicted molar refractivity (Wildman–Crippen MR) is 79.2 cm³/mol. The van der Waals surface area contributed by atoms with Crippen LogP contribution in [0.3, 0.4) is 0 Å². The highest BCUT2D eigenvalue weighted by molar-refractivity contribution is 5.48. The number of hydrogen-bond donors (Lipinski definition) is 1. The molecule has 2 aliphatic rings. The van der Waals surface area contributed by atoms with Crippen molar-refractivity contribution in [2.24, 2.45) is 11.8 Å². The number of rotatable bonds is 5. The minimum absolute atomic E-state index is 0.235. The molecule has 1 aromatic heterocycles. The van der Waals surface area contributed by atoms with E-state index >= 15 is 0 Å². The molecule has 110 valence electrons. The Kier molecular flexibility index (Phi) is 3.92. The van der Waals surface area contributed by atoms with Gasteiger partial charge in [0.1, 0.15) is 11.6 Å². The highest BCUT2D eigenvalue weighted by Crippen LogP contribution is 2.30. The van der Waals surface area contributed by atoms with Gasteiger partial charge in [0.15, 0.2) is 0 Å². The van der Waals surface area contributed by atoms with E-state index in [1.54, 1.807) is 6.07 Å². The van der Waals surface area contributed by atoms with Crippen LogP contribution in [0, 0.1) is 17.7 Å². The van der Waals surface area contributed by atoms with Gasteiger partial charge >= 0.3 is 0 Å². The maximum absolute atomic E-state index is 13.5. The molecule has 2 heterocycles. The fourth-order valence-corrected chi connectivity index (χ4v) is 2.95. The number of nitrogens with one attached hydrogen (secondary N) is 1. The first-order chi connectivity index (χ1) is 9.63. The Morgan fingerprint density at radius 2 is 2.20 bits per heavy atom. The van der Waals surface area contributed by atoms with Crippen molar-refractivity contribution in [3.8, 4) is 0 Å². The minimum atomic E-state index is -0.235. The van der Waals surface area contributed by atoms with Gasteiger partial charge in [-0.3, -0.25) is 0 Å². The van der Waals surface area contributed by atoms with Crippen LogP contribution in [0.15, 0.2) is 12.3 Å². The minimum Gasteiger partial charge on any atom is -0.356 e. The first-order valence-electron chi connectivity index (χ1n) is 7.76. The molecule has 0 amide bonds. The number of aromatic nitrogens is 1. The molecule has 1 atom stereocenters. The summed E-state index contributed by atoms with van der Waals surface area (Å²) in [5.41, 5.74) is 1.00. The van der Waals surface area contributed by atoms with Crippen molar-refractivity contribution in [3.05, 3.63) is 23.6 Å². The van der Waals surface area contributed by atoms with Gasteiger partial charge in [-0.2, -0.15) is 0 Å². The lowest BCUT2D eigenvalue weighted by Gasteiger charge is -2.22. The van der Waals surface area contributed by atoms with Gasteiger partial charge in [0.25, 0.3) is 0 Å². The van der Waals surface area contributed by atoms with E-state index in [4.69, 9.17) is 0 Å². The molecule has 3 nitrogen and oxygen atoms in total. The summed E-state index contributed by atoms with van der Waals surface area (Å²) in [4.78, 5) is 6.69. The Morgan fingerprint density at radius 3 is 2.85 bits per heavy atom. The van der Waals surface area contributed by atoms with Crippen LogP contribution >= 0.6 is 0 Å². The zero-order chi connectivity index (χ0) is 14.1. The van der Waals surface area contributed by atoms with Gasteiger partial charge in [-0.05, 0) is 37.2 Å². The van der Waals surface area contributed by atoms with Crippen molar-refractivity contribution >= 4 is 5.82 Å². The Labute approximate surface area is 120 Å². The monoisotopic (exact) mass is 277 g/mol. The van der Waals surface area contributed by atoms with Crippen molar-refractivity contribution in [1.29, 1.82) is 0 Å². The number of pyridine rings is 1. The van der Waals surface area contributed by atoms with Crippen molar-refractivity contribution < 1.29 is 4.39 Å². The van der Waals surface area contributed by atoms with Crippen LogP contribution < -0.4 is 10.2 Å². The molecule has 1 aliphatic heterocycles. The van der Waals surface area contributed by atoms with E-state index in [-0.39, 0.29) is 5.82 Å². The Hall–Kier alpha value is -1.16. The lowest BCUT2D eigenvalue weighted by atomic mass is 9.95. The second-order valence-electron chi connectivity index (χ2n) is 6.53. The lowest BCUT2D eigenvalue weighted by Crippen LogP contribution is -2.25. The number of halogens is 1. The van der Waals surface area contributed by atoms with Crippen molar-refractivity contribution in [1.82, 2.24) is 10.3 Å². The van der Waals surface area contributed by atoms with Crippen molar-refractivity contribution in [2.45, 2.75) is 45.7 Å². The van der Waals surface area contributed by atoms with E-state index < -0.39 is 0 Å². The third kappa shape index (κ3) is 3.11. The average molecular weight is 277 g/mol. The summed E-state index contributed by atoms with van der Waals surface area (Å²) in [6.45, 7) is 7.38. The van der Waals surface area contributed by atoms with E-state index in [2.05, 4.69) is 29.0 Å². The predicted octanol–water partition coefficient (Wildman–Crippen LogP) is 2.96. The molecule has 1 N–H and O–H groups in total. The van der Waals surface area contributed by atoms with E-state index in [0.29, 0.717) is 12.0 Å². The normalized spacial score (nSPS) is 22.8. The molecule has 1 aliphatic carbocycles. The Morgan fingerprint density at radius 1 is 1.40 bits per heavy atom. The van der Waals surface area contributed by atoms with Gasteiger partial charge in [0.05, 0.1) is 6.20 Å². The molecule has 1 saturated heterocycles. The summed E-state index contributed by atoms with van der Waals surface area (Å²) in [7, 11) is 0. The van der Waals surface area contributed by atoms with Gasteiger partial charge in [-0.15, -0.1) is 0 Å². The van der Waals surface area contributed by atoms with Crippen LogP contribution in [0.5, 0.6) is 0 Å². The molecule has 0 aromatic carbocycles. The molecule has 3 rings (SSSR count). The van der Waals surface area contributed by atoms with E-state index in [1.807, 2.05) is 0 Å². The molecule has 2 fully saturated rings. The molecule has 1 saturated carbocycles. The molecule has 1 aromatic rings. The fraction of sp³-hybridized carbons (Fsp3) is 0.688. The molecule has 0 spiro atoms. The van der Waals surface area contributed by atoms with Gasteiger partial charge in [0.2, 0.25) is 0 Å². The van der Waals surface area contributed by atoms with E-state index in [9.17, 15) is 4.39 Å². The number of hydrogen-bond acceptors (Lipinski definition) is 3. The molecule has 0 radical (unpaired) electrons. The largest absolute Gasteiger partial charge is 0.356 e. The average Bonchev–Trinajstić information content (AvgIpc) is 3.11. The van der Waals surface area contributed by atoms with Gasteiger partial charge in [-0.1, -0.05) is 13.8 Å². The van der Waals surface area contributed by atoms with E-state index in [1.165, 1.54) is 25.5 Å². The van der Waals surface area contributed by atoms with Crippen LogP contribution in [-0.2, 0) is 6.54 Å². The first-order valence-corrected chi connectivity index (χ1v) is 7.76. The van der Waals surface area contributed by atoms with Crippen LogP contribution in [0.4, 0.5) is 10.2 Å². The molecule has 20 heavy (non-hydrogen) atoms. The molecule has 4 heteroatoms. The smallest absolute Gasteiger partial charge is 0.141 e. The Bertz CT molecular complexity index is 471. The molecular weight excluding hydrogens is 253 g/mol. The summed E-state index contributed by atoms with van der Waals surface area (Å²) in [6.07, 6.45) is 5.05. The van der Waals surface area contributed by atoms with Gasteiger partial charge < -0.3 is 10.2 Å². The second-order valence-corrected chi connectivity index (χ2v) is 6.53. The van der Waals surface area contributed by atoms with Crippen LogP contribution in [-0.4, -0.2) is 24.1 Å². The van der Waals surface area contributed by atoms with Gasteiger partial charge in [-0.25, -0.2) is 9.37 Å². The maximum Gasteiger partial charge on any atom is 0.141 e.